The molecule has 0 aromatic carbocycles. The highest BCUT2D eigenvalue weighted by atomic mass is 16.4. The number of aliphatic hydroxyl groups excluding tert-OH is 1. The predicted octanol–water partition coefficient (Wildman–Crippen LogP) is 3.37. The molecule has 0 unspecified atom stereocenters. The molecule has 0 aliphatic heterocycles. The summed E-state index contributed by atoms with van der Waals surface area (Å²) < 4.78 is 0. The summed E-state index contributed by atoms with van der Waals surface area (Å²) in [6, 6.07) is 0. The Hall–Kier alpha value is -0.830. The van der Waals surface area contributed by atoms with Crippen molar-refractivity contribution in [1.29, 1.82) is 0 Å². The lowest BCUT2D eigenvalue weighted by molar-refractivity contribution is -0.137. The van der Waals surface area contributed by atoms with Crippen molar-refractivity contribution in [2.24, 2.45) is 10.8 Å². The molecule has 104 valence electrons. The van der Waals surface area contributed by atoms with Crippen molar-refractivity contribution in [3.8, 4) is 0 Å². The summed E-state index contributed by atoms with van der Waals surface area (Å²) in [5.41, 5.74) is -0.0483. The first-order valence-corrected chi connectivity index (χ1v) is 6.87. The van der Waals surface area contributed by atoms with Crippen LogP contribution in [-0.4, -0.2) is 22.3 Å². The second-order valence-corrected chi connectivity index (χ2v) is 6.25. The smallest absolute Gasteiger partial charge is 0.303 e. The molecule has 0 aromatic rings. The van der Waals surface area contributed by atoms with Crippen molar-refractivity contribution >= 4 is 5.97 Å². The van der Waals surface area contributed by atoms with Crippen LogP contribution in [0.15, 0.2) is 12.2 Å². The van der Waals surface area contributed by atoms with Gasteiger partial charge in [0.05, 0.1) is 6.10 Å². The number of unbranched alkanes of at least 4 members (excludes halogenated alkanes) is 2. The van der Waals surface area contributed by atoms with Gasteiger partial charge in [-0.05, 0) is 24.7 Å². The zero-order valence-corrected chi connectivity index (χ0v) is 11.8. The van der Waals surface area contributed by atoms with E-state index >= 15 is 0 Å². The van der Waals surface area contributed by atoms with Gasteiger partial charge in [0.2, 0.25) is 0 Å². The van der Waals surface area contributed by atoms with Gasteiger partial charge < -0.3 is 10.2 Å². The molecular formula is C15H26O3. The second-order valence-electron chi connectivity index (χ2n) is 6.25. The third-order valence-corrected chi connectivity index (χ3v) is 4.65. The highest BCUT2D eigenvalue weighted by Crippen LogP contribution is 2.51. The third kappa shape index (κ3) is 3.35. The number of carboxylic acids is 1. The van der Waals surface area contributed by atoms with Crippen molar-refractivity contribution in [1.82, 2.24) is 0 Å². The number of aliphatic hydroxyl groups is 1. The van der Waals surface area contributed by atoms with Crippen LogP contribution >= 0.6 is 0 Å². The largest absolute Gasteiger partial charge is 0.481 e. The fourth-order valence-corrected chi connectivity index (χ4v) is 2.73. The predicted molar refractivity (Wildman–Crippen MR) is 72.4 cm³/mol. The van der Waals surface area contributed by atoms with Gasteiger partial charge >= 0.3 is 5.97 Å². The maximum absolute atomic E-state index is 10.4. The highest BCUT2D eigenvalue weighted by Gasteiger charge is 2.46. The van der Waals surface area contributed by atoms with E-state index in [0.29, 0.717) is 6.42 Å². The van der Waals surface area contributed by atoms with Crippen LogP contribution < -0.4 is 0 Å². The molecule has 0 fully saturated rings. The summed E-state index contributed by atoms with van der Waals surface area (Å²) >= 11 is 0. The minimum Gasteiger partial charge on any atom is -0.481 e. The zero-order valence-electron chi connectivity index (χ0n) is 11.8. The molecule has 1 aliphatic carbocycles. The minimum atomic E-state index is -0.733. The Balaban J connectivity index is 2.33. The van der Waals surface area contributed by atoms with Crippen LogP contribution in [0.5, 0.6) is 0 Å². The number of carbonyl (C=O) groups is 1. The van der Waals surface area contributed by atoms with Gasteiger partial charge in [-0.1, -0.05) is 45.8 Å². The Bertz CT molecular complexity index is 320. The minimum absolute atomic E-state index is 0.0352. The normalized spacial score (nSPS) is 27.3. The molecule has 0 saturated heterocycles. The summed E-state index contributed by atoms with van der Waals surface area (Å²) in [5.74, 6) is -0.733. The fraction of sp³-hybridized carbons (Fsp3) is 0.800. The van der Waals surface area contributed by atoms with Crippen LogP contribution in [0.3, 0.4) is 0 Å². The van der Waals surface area contributed by atoms with Gasteiger partial charge in [-0.15, -0.1) is 0 Å². The summed E-state index contributed by atoms with van der Waals surface area (Å²) in [7, 11) is 0. The second kappa shape index (κ2) is 5.87. The van der Waals surface area contributed by atoms with Crippen LogP contribution in [0.2, 0.25) is 0 Å². The van der Waals surface area contributed by atoms with Crippen molar-refractivity contribution in [3.05, 3.63) is 12.2 Å². The maximum Gasteiger partial charge on any atom is 0.303 e. The van der Waals surface area contributed by atoms with E-state index in [1.54, 1.807) is 0 Å². The lowest BCUT2D eigenvalue weighted by Crippen LogP contribution is -2.41. The SMILES string of the molecule is CC1(C)C=CC[C@]1(C)[C@@H](O)CCCCCC(=O)O. The first-order valence-electron chi connectivity index (χ1n) is 6.87. The summed E-state index contributed by atoms with van der Waals surface area (Å²) in [5, 5.41) is 18.9. The molecule has 3 heteroatoms. The Morgan fingerprint density at radius 3 is 2.44 bits per heavy atom. The van der Waals surface area contributed by atoms with Crippen molar-refractivity contribution in [3.63, 3.8) is 0 Å². The third-order valence-electron chi connectivity index (χ3n) is 4.65. The number of carboxylic acid groups (broad SMARTS) is 1. The van der Waals surface area contributed by atoms with E-state index in [9.17, 15) is 9.90 Å². The molecule has 0 heterocycles. The van der Waals surface area contributed by atoms with Crippen molar-refractivity contribution in [2.75, 3.05) is 0 Å². The van der Waals surface area contributed by atoms with Gasteiger partial charge in [0, 0.05) is 11.8 Å². The van der Waals surface area contributed by atoms with Gasteiger partial charge in [-0.3, -0.25) is 4.79 Å². The Morgan fingerprint density at radius 1 is 1.28 bits per heavy atom. The molecule has 2 atom stereocenters. The molecular weight excluding hydrogens is 228 g/mol. The molecule has 1 aliphatic rings. The first kappa shape index (κ1) is 15.2. The summed E-state index contributed by atoms with van der Waals surface area (Å²) in [6.07, 6.45) is 8.47. The average molecular weight is 254 g/mol. The fourth-order valence-electron chi connectivity index (χ4n) is 2.73. The summed E-state index contributed by atoms with van der Waals surface area (Å²) in [6.45, 7) is 6.49. The molecule has 0 aromatic heterocycles. The van der Waals surface area contributed by atoms with Crippen LogP contribution in [0.1, 0.15) is 59.3 Å². The van der Waals surface area contributed by atoms with E-state index in [1.807, 2.05) is 0 Å². The number of aliphatic carboxylic acids is 1. The van der Waals surface area contributed by atoms with E-state index in [2.05, 4.69) is 32.9 Å². The van der Waals surface area contributed by atoms with E-state index in [1.165, 1.54) is 0 Å². The lowest BCUT2D eigenvalue weighted by Gasteiger charge is -2.42. The van der Waals surface area contributed by atoms with Crippen LogP contribution in [0, 0.1) is 10.8 Å². The molecule has 0 bridgehead atoms. The number of rotatable bonds is 7. The molecule has 0 amide bonds. The van der Waals surface area contributed by atoms with Crippen LogP contribution in [0.25, 0.3) is 0 Å². The van der Waals surface area contributed by atoms with E-state index < -0.39 is 5.97 Å². The van der Waals surface area contributed by atoms with Crippen LogP contribution in [0.4, 0.5) is 0 Å². The quantitative estimate of drug-likeness (QED) is 0.541. The average Bonchev–Trinajstić information content (AvgIpc) is 2.53. The van der Waals surface area contributed by atoms with Gasteiger partial charge in [0.25, 0.3) is 0 Å². The van der Waals surface area contributed by atoms with Gasteiger partial charge in [-0.2, -0.15) is 0 Å². The molecule has 0 radical (unpaired) electrons. The lowest BCUT2D eigenvalue weighted by atomic mass is 9.64. The molecule has 0 spiro atoms. The number of allylic oxidation sites excluding steroid dienone is 2. The van der Waals surface area contributed by atoms with Gasteiger partial charge in [0.1, 0.15) is 0 Å². The van der Waals surface area contributed by atoms with E-state index in [-0.39, 0.29) is 23.4 Å². The van der Waals surface area contributed by atoms with Crippen LogP contribution in [-0.2, 0) is 4.79 Å². The molecule has 3 nitrogen and oxygen atoms in total. The van der Waals surface area contributed by atoms with Gasteiger partial charge in [-0.25, -0.2) is 0 Å². The first-order chi connectivity index (χ1) is 8.29. The molecule has 0 saturated carbocycles. The molecule has 2 N–H and O–H groups in total. The Labute approximate surface area is 110 Å². The number of hydrogen-bond acceptors (Lipinski definition) is 2. The molecule has 18 heavy (non-hydrogen) atoms. The Morgan fingerprint density at radius 2 is 1.94 bits per heavy atom. The van der Waals surface area contributed by atoms with E-state index in [4.69, 9.17) is 5.11 Å². The Kier molecular flexibility index (Phi) is 4.97. The number of hydrogen-bond donors (Lipinski definition) is 2. The van der Waals surface area contributed by atoms with Crippen molar-refractivity contribution < 1.29 is 15.0 Å². The monoisotopic (exact) mass is 254 g/mol. The maximum atomic E-state index is 10.4. The molecule has 1 rings (SSSR count). The zero-order chi connectivity index (χ0) is 13.8. The van der Waals surface area contributed by atoms with Gasteiger partial charge in [0.15, 0.2) is 0 Å². The highest BCUT2D eigenvalue weighted by molar-refractivity contribution is 5.66. The standard InChI is InChI=1S/C15H26O3/c1-14(2)10-7-11-15(14,3)12(16)8-5-4-6-9-13(17)18/h7,10,12,16H,4-6,8-9,11H2,1-3H3,(H,17,18)/t12-,15+/m0/s1. The van der Waals surface area contributed by atoms with Crippen molar-refractivity contribution in [2.45, 2.75) is 65.4 Å². The summed E-state index contributed by atoms with van der Waals surface area (Å²) in [4.78, 5) is 10.4. The van der Waals surface area contributed by atoms with E-state index in [0.717, 1.165) is 25.7 Å². The topological polar surface area (TPSA) is 57.5 Å².